The number of nitrogens with zero attached hydrogens (tertiary/aromatic N) is 3. The second-order valence-corrected chi connectivity index (χ2v) is 8.99. The van der Waals surface area contributed by atoms with E-state index < -0.39 is 41.2 Å². The van der Waals surface area contributed by atoms with Crippen LogP contribution in [0.1, 0.15) is 47.2 Å². The lowest BCUT2D eigenvalue weighted by atomic mass is 9.98. The minimum absolute atomic E-state index is 0.0439. The number of H-pyrrole nitrogens is 1. The largest absolute Gasteiger partial charge is 0.416 e. The van der Waals surface area contributed by atoms with Crippen molar-refractivity contribution < 1.29 is 32.2 Å². The molecule has 0 spiro atoms. The molecule has 3 aromatic rings. The quantitative estimate of drug-likeness (QED) is 0.440. The van der Waals surface area contributed by atoms with E-state index in [4.69, 9.17) is 4.74 Å². The lowest BCUT2D eigenvalue weighted by Crippen LogP contribution is -2.50. The Morgan fingerprint density at radius 2 is 2.05 bits per heavy atom. The zero-order valence-electron chi connectivity index (χ0n) is 20.2. The summed E-state index contributed by atoms with van der Waals surface area (Å²) in [4.78, 5) is 36.9. The Kier molecular flexibility index (Phi) is 7.20. The first-order valence-corrected chi connectivity index (χ1v) is 11.5. The number of hydrogen-bond donors (Lipinski definition) is 3. The summed E-state index contributed by atoms with van der Waals surface area (Å²) in [6.45, 7) is 4.65. The topological polar surface area (TPSA) is 120 Å². The van der Waals surface area contributed by atoms with E-state index in [-0.39, 0.29) is 59.5 Å². The van der Waals surface area contributed by atoms with E-state index in [9.17, 15) is 32.3 Å². The van der Waals surface area contributed by atoms with Crippen LogP contribution in [-0.4, -0.2) is 62.8 Å². The van der Waals surface area contributed by atoms with Crippen LogP contribution in [0.3, 0.4) is 0 Å². The van der Waals surface area contributed by atoms with Gasteiger partial charge in [-0.3, -0.25) is 9.59 Å². The number of nitrogens with one attached hydrogen (secondary N) is 2. The molecule has 0 aliphatic carbocycles. The molecule has 1 fully saturated rings. The molecule has 0 unspecified atom stereocenters. The molecule has 198 valence electrons. The van der Waals surface area contributed by atoms with Gasteiger partial charge in [0.05, 0.1) is 46.9 Å². The average molecular weight is 523 g/mol. The molecule has 0 saturated carbocycles. The molecular formula is C24H25F4N5O4. The van der Waals surface area contributed by atoms with Crippen LogP contribution < -0.4 is 10.9 Å². The van der Waals surface area contributed by atoms with Gasteiger partial charge in [-0.25, -0.2) is 14.4 Å². The van der Waals surface area contributed by atoms with Crippen LogP contribution in [0.2, 0.25) is 0 Å². The fraction of sp³-hybridized carbons (Fsp3) is 0.417. The monoisotopic (exact) mass is 523 g/mol. The average Bonchev–Trinajstić information content (AvgIpc) is 2.83. The van der Waals surface area contributed by atoms with Crippen molar-refractivity contribution >= 4 is 22.6 Å². The first kappa shape index (κ1) is 26.5. The van der Waals surface area contributed by atoms with Crippen LogP contribution in [0, 0.1) is 12.7 Å². The van der Waals surface area contributed by atoms with E-state index in [0.717, 1.165) is 24.4 Å². The van der Waals surface area contributed by atoms with E-state index in [1.54, 1.807) is 6.92 Å². The molecular weight excluding hydrogens is 498 g/mol. The van der Waals surface area contributed by atoms with Gasteiger partial charge in [0.25, 0.3) is 11.5 Å². The number of amides is 1. The van der Waals surface area contributed by atoms with Crippen LogP contribution in [-0.2, 0) is 10.9 Å². The molecule has 1 aromatic carbocycles. The molecule has 1 saturated heterocycles. The summed E-state index contributed by atoms with van der Waals surface area (Å²) in [7, 11) is 0. The third-order valence-corrected chi connectivity index (χ3v) is 6.03. The fourth-order valence-electron chi connectivity index (χ4n) is 4.36. The second-order valence-electron chi connectivity index (χ2n) is 8.99. The van der Waals surface area contributed by atoms with Gasteiger partial charge in [-0.1, -0.05) is 0 Å². The summed E-state index contributed by atoms with van der Waals surface area (Å²) < 4.78 is 62.0. The zero-order chi connectivity index (χ0) is 27.1. The molecule has 0 radical (unpaired) electrons. The summed E-state index contributed by atoms with van der Waals surface area (Å²) in [5.41, 5.74) is -2.09. The number of alkyl halides is 3. The highest BCUT2D eigenvalue weighted by molar-refractivity contribution is 5.94. The molecule has 3 heterocycles. The van der Waals surface area contributed by atoms with Gasteiger partial charge < -0.3 is 25.0 Å². The first-order chi connectivity index (χ1) is 17.4. The molecule has 1 aliphatic heterocycles. The third-order valence-electron chi connectivity index (χ3n) is 6.03. The molecule has 2 aromatic heterocycles. The number of morpholine rings is 1. The highest BCUT2D eigenvalue weighted by Crippen LogP contribution is 2.37. The van der Waals surface area contributed by atoms with Gasteiger partial charge in [-0.2, -0.15) is 13.2 Å². The summed E-state index contributed by atoms with van der Waals surface area (Å²) in [5, 5.41) is 11.9. The highest BCUT2D eigenvalue weighted by Gasteiger charge is 2.36. The third kappa shape index (κ3) is 5.57. The Hall–Kier alpha value is -3.58. The first-order valence-electron chi connectivity index (χ1n) is 11.5. The summed E-state index contributed by atoms with van der Waals surface area (Å²) in [5.74, 6) is -1.65. The molecule has 37 heavy (non-hydrogen) atoms. The van der Waals surface area contributed by atoms with E-state index in [1.165, 1.54) is 18.7 Å². The van der Waals surface area contributed by atoms with Crippen LogP contribution in [0.25, 0.3) is 10.9 Å². The Balaban J connectivity index is 1.62. The van der Waals surface area contributed by atoms with Gasteiger partial charge in [0.15, 0.2) is 11.6 Å². The predicted molar refractivity (Wildman–Crippen MR) is 126 cm³/mol. The lowest BCUT2D eigenvalue weighted by molar-refractivity contribution is -0.138. The van der Waals surface area contributed by atoms with Gasteiger partial charge in [-0.15, -0.1) is 0 Å². The number of fused-ring (bicyclic) bond motifs is 1. The van der Waals surface area contributed by atoms with Crippen molar-refractivity contribution in [2.24, 2.45) is 0 Å². The standard InChI is InChI=1S/C24H25F4N5O4/c1-11-8-33(9-15(10-34)37-11)23(36)14-4-19(25)21(29-7-14)30-12(2)16-5-17-20(6-18(16)24(26,27)28)31-13(3)32-22(17)35/h4-7,11-12,15,34H,8-10H2,1-3H3,(H,29,30)(H,31,32,35)/t11-,12+,15-/m1/s1. The second kappa shape index (κ2) is 10.1. The number of aromatic nitrogens is 3. The number of benzene rings is 1. The summed E-state index contributed by atoms with van der Waals surface area (Å²) >= 11 is 0. The summed E-state index contributed by atoms with van der Waals surface area (Å²) in [6.07, 6.45) is -4.53. The van der Waals surface area contributed by atoms with E-state index in [1.807, 2.05) is 0 Å². The lowest BCUT2D eigenvalue weighted by Gasteiger charge is -2.36. The van der Waals surface area contributed by atoms with Crippen LogP contribution in [0.4, 0.5) is 23.4 Å². The van der Waals surface area contributed by atoms with Crippen molar-refractivity contribution in [1.82, 2.24) is 19.9 Å². The molecule has 1 amide bonds. The molecule has 13 heteroatoms. The number of ether oxygens (including phenoxy) is 1. The van der Waals surface area contributed by atoms with Crippen molar-refractivity contribution in [1.29, 1.82) is 0 Å². The minimum atomic E-state index is -4.76. The number of aliphatic hydroxyl groups is 1. The zero-order valence-corrected chi connectivity index (χ0v) is 20.2. The molecule has 3 N–H and O–H groups in total. The normalized spacial score (nSPS) is 19.2. The molecule has 3 atom stereocenters. The van der Waals surface area contributed by atoms with Gasteiger partial charge >= 0.3 is 6.18 Å². The molecule has 0 bridgehead atoms. The maximum absolute atomic E-state index is 14.9. The van der Waals surface area contributed by atoms with Crippen molar-refractivity contribution in [3.8, 4) is 0 Å². The number of aromatic amines is 1. The smallest absolute Gasteiger partial charge is 0.394 e. The number of halogens is 4. The van der Waals surface area contributed by atoms with Crippen molar-refractivity contribution in [2.45, 2.75) is 45.2 Å². The number of hydrogen-bond acceptors (Lipinski definition) is 7. The number of anilines is 1. The minimum Gasteiger partial charge on any atom is -0.394 e. The number of carbonyl (C=O) groups excluding carboxylic acids is 1. The van der Waals surface area contributed by atoms with Gasteiger partial charge in [0.1, 0.15) is 5.82 Å². The Morgan fingerprint density at radius 1 is 1.32 bits per heavy atom. The molecule has 1 aliphatic rings. The maximum Gasteiger partial charge on any atom is 0.416 e. The van der Waals surface area contributed by atoms with Crippen LogP contribution in [0.15, 0.2) is 29.2 Å². The Morgan fingerprint density at radius 3 is 2.70 bits per heavy atom. The van der Waals surface area contributed by atoms with Crippen molar-refractivity contribution in [2.75, 3.05) is 25.0 Å². The molecule has 4 rings (SSSR count). The Labute approximate surface area is 208 Å². The number of rotatable bonds is 5. The van der Waals surface area contributed by atoms with Crippen LogP contribution in [0.5, 0.6) is 0 Å². The maximum atomic E-state index is 14.9. The van der Waals surface area contributed by atoms with Crippen LogP contribution >= 0.6 is 0 Å². The Bertz CT molecular complexity index is 1390. The molecule has 9 nitrogen and oxygen atoms in total. The predicted octanol–water partition coefficient (Wildman–Crippen LogP) is 3.18. The van der Waals surface area contributed by atoms with E-state index >= 15 is 0 Å². The number of aliphatic hydroxyl groups excluding tert-OH is 1. The van der Waals surface area contributed by atoms with E-state index in [2.05, 4.69) is 20.3 Å². The SMILES string of the molecule is Cc1nc2cc(C(F)(F)F)c([C@H](C)Nc3ncc(C(=O)N4C[C@H](CO)O[C@H](C)C4)cc3F)cc2c(=O)[nH]1. The number of carbonyl (C=O) groups is 1. The van der Waals surface area contributed by atoms with E-state index in [0.29, 0.717) is 0 Å². The fourth-order valence-corrected chi connectivity index (χ4v) is 4.36. The van der Waals surface area contributed by atoms with Crippen molar-refractivity contribution in [3.05, 3.63) is 63.1 Å². The summed E-state index contributed by atoms with van der Waals surface area (Å²) in [6, 6.07) is 1.70. The van der Waals surface area contributed by atoms with Crippen molar-refractivity contribution in [3.63, 3.8) is 0 Å². The number of pyridine rings is 1. The highest BCUT2D eigenvalue weighted by atomic mass is 19.4. The van der Waals surface area contributed by atoms with Gasteiger partial charge in [-0.05, 0) is 44.5 Å². The number of aryl methyl sites for hydroxylation is 1. The van der Waals surface area contributed by atoms with Gasteiger partial charge in [0, 0.05) is 19.3 Å². The van der Waals surface area contributed by atoms with Gasteiger partial charge in [0.2, 0.25) is 0 Å².